The summed E-state index contributed by atoms with van der Waals surface area (Å²) in [4.78, 5) is 4.64. The minimum absolute atomic E-state index is 0. The van der Waals surface area contributed by atoms with Crippen LogP contribution in [0.2, 0.25) is 0 Å². The fourth-order valence-electron chi connectivity index (χ4n) is 2.97. The highest BCUT2D eigenvalue weighted by molar-refractivity contribution is 14.0. The van der Waals surface area contributed by atoms with E-state index in [1.165, 1.54) is 25.5 Å². The number of hydrogen-bond acceptors (Lipinski definition) is 4. The van der Waals surface area contributed by atoms with Crippen molar-refractivity contribution in [2.45, 2.75) is 45.4 Å². The fourth-order valence-corrected chi connectivity index (χ4v) is 3.44. The zero-order valence-electron chi connectivity index (χ0n) is 14.3. The molecule has 138 valence electrons. The van der Waals surface area contributed by atoms with Gasteiger partial charge in [-0.15, -0.1) is 24.0 Å². The molecular weight excluding hydrogens is 429 g/mol. The lowest BCUT2D eigenvalue weighted by molar-refractivity contribution is 0.137. The van der Waals surface area contributed by atoms with Gasteiger partial charge in [0.1, 0.15) is 9.84 Å². The number of hydrogen-bond donors (Lipinski definition) is 3. The first-order valence-electron chi connectivity index (χ1n) is 8.21. The lowest BCUT2D eigenvalue weighted by Gasteiger charge is -2.35. The number of aliphatic hydroxyl groups excluding tert-OH is 1. The molecule has 0 radical (unpaired) electrons. The summed E-state index contributed by atoms with van der Waals surface area (Å²) in [6.45, 7) is 3.96. The highest BCUT2D eigenvalue weighted by Gasteiger charge is 2.31. The predicted molar refractivity (Wildman–Crippen MR) is 106 cm³/mol. The van der Waals surface area contributed by atoms with Crippen molar-refractivity contribution in [2.24, 2.45) is 10.4 Å². The van der Waals surface area contributed by atoms with E-state index in [-0.39, 0.29) is 41.8 Å². The first-order chi connectivity index (χ1) is 10.4. The summed E-state index contributed by atoms with van der Waals surface area (Å²) in [5, 5.41) is 15.6. The third kappa shape index (κ3) is 9.71. The van der Waals surface area contributed by atoms with Crippen molar-refractivity contribution in [3.8, 4) is 0 Å². The molecule has 0 aromatic heterocycles. The van der Waals surface area contributed by atoms with E-state index in [0.29, 0.717) is 19.0 Å². The third-order valence-electron chi connectivity index (χ3n) is 4.24. The van der Waals surface area contributed by atoms with Crippen molar-refractivity contribution >= 4 is 39.8 Å². The zero-order valence-corrected chi connectivity index (χ0v) is 17.5. The van der Waals surface area contributed by atoms with Crippen LogP contribution in [0.15, 0.2) is 4.99 Å². The van der Waals surface area contributed by atoms with Crippen LogP contribution in [0.1, 0.15) is 45.4 Å². The van der Waals surface area contributed by atoms with Crippen LogP contribution in [0.4, 0.5) is 0 Å². The van der Waals surface area contributed by atoms with Crippen LogP contribution < -0.4 is 10.6 Å². The number of nitrogens with zero attached hydrogens (tertiary/aromatic N) is 1. The second-order valence-electron chi connectivity index (χ2n) is 6.29. The van der Waals surface area contributed by atoms with E-state index in [1.54, 1.807) is 0 Å². The van der Waals surface area contributed by atoms with Gasteiger partial charge in [0.25, 0.3) is 0 Å². The minimum atomic E-state index is -2.97. The Kier molecular flexibility index (Phi) is 11.4. The number of guanidine groups is 1. The van der Waals surface area contributed by atoms with E-state index in [4.69, 9.17) is 0 Å². The Balaban J connectivity index is 0.00000484. The summed E-state index contributed by atoms with van der Waals surface area (Å²) in [7, 11) is -2.97. The van der Waals surface area contributed by atoms with Crippen molar-refractivity contribution in [1.82, 2.24) is 10.6 Å². The quantitative estimate of drug-likeness (QED) is 0.290. The molecule has 1 rings (SSSR count). The van der Waals surface area contributed by atoms with E-state index in [1.807, 2.05) is 6.92 Å². The molecule has 1 aliphatic carbocycles. The molecule has 0 aromatic rings. The molecule has 0 saturated heterocycles. The van der Waals surface area contributed by atoms with Gasteiger partial charge < -0.3 is 15.7 Å². The van der Waals surface area contributed by atoms with E-state index in [0.717, 1.165) is 25.8 Å². The van der Waals surface area contributed by atoms with Crippen LogP contribution in [0, 0.1) is 5.41 Å². The number of rotatable bonds is 8. The normalized spacial score (nSPS) is 18.1. The highest BCUT2D eigenvalue weighted by Crippen LogP contribution is 2.39. The predicted octanol–water partition coefficient (Wildman–Crippen LogP) is 1.54. The second kappa shape index (κ2) is 11.5. The lowest BCUT2D eigenvalue weighted by atomic mass is 9.72. The average Bonchev–Trinajstić information content (AvgIpc) is 2.45. The van der Waals surface area contributed by atoms with Gasteiger partial charge >= 0.3 is 0 Å². The van der Waals surface area contributed by atoms with Crippen molar-refractivity contribution < 1.29 is 13.5 Å². The van der Waals surface area contributed by atoms with Crippen molar-refractivity contribution in [1.29, 1.82) is 0 Å². The third-order valence-corrected chi connectivity index (χ3v) is 5.18. The first kappa shape index (κ1) is 22.9. The molecule has 0 aromatic carbocycles. The highest BCUT2D eigenvalue weighted by atomic mass is 127. The van der Waals surface area contributed by atoms with Gasteiger partial charge in [-0.25, -0.2) is 8.42 Å². The maximum atomic E-state index is 11.2. The van der Waals surface area contributed by atoms with E-state index in [9.17, 15) is 13.5 Å². The topological polar surface area (TPSA) is 90.8 Å². The summed E-state index contributed by atoms with van der Waals surface area (Å²) in [6, 6.07) is 0. The smallest absolute Gasteiger partial charge is 0.191 e. The molecule has 0 amide bonds. The van der Waals surface area contributed by atoms with Crippen molar-refractivity contribution in [3.63, 3.8) is 0 Å². The van der Waals surface area contributed by atoms with Gasteiger partial charge in [0, 0.05) is 32.5 Å². The summed E-state index contributed by atoms with van der Waals surface area (Å²) >= 11 is 0. The zero-order chi connectivity index (χ0) is 16.5. The number of aliphatic hydroxyl groups is 1. The van der Waals surface area contributed by atoms with Crippen LogP contribution in [-0.4, -0.2) is 57.7 Å². The molecule has 0 bridgehead atoms. The van der Waals surface area contributed by atoms with E-state index in [2.05, 4.69) is 15.6 Å². The van der Waals surface area contributed by atoms with Gasteiger partial charge in [0.2, 0.25) is 0 Å². The van der Waals surface area contributed by atoms with Gasteiger partial charge in [0.05, 0.1) is 5.75 Å². The first-order valence-corrected chi connectivity index (χ1v) is 10.3. The lowest BCUT2D eigenvalue weighted by Crippen LogP contribution is -2.40. The average molecular weight is 461 g/mol. The molecule has 23 heavy (non-hydrogen) atoms. The summed E-state index contributed by atoms with van der Waals surface area (Å²) < 4.78 is 22.4. The number of sulfone groups is 1. The number of aliphatic imine (C=N–C) groups is 1. The van der Waals surface area contributed by atoms with Gasteiger partial charge in [-0.2, -0.15) is 0 Å². The molecule has 0 unspecified atom stereocenters. The van der Waals surface area contributed by atoms with E-state index < -0.39 is 9.84 Å². The molecule has 1 aliphatic rings. The maximum Gasteiger partial charge on any atom is 0.191 e. The maximum absolute atomic E-state index is 11.2. The fraction of sp³-hybridized carbons (Fsp3) is 0.933. The Hall–Kier alpha value is -0.0900. The minimum Gasteiger partial charge on any atom is -0.396 e. The van der Waals surface area contributed by atoms with Gasteiger partial charge in [-0.1, -0.05) is 19.3 Å². The standard InChI is InChI=1S/C15H31N3O3S.HI/c1-3-16-14(17-10-12-22(2,20)21)18-13-15(9-11-19)7-5-4-6-8-15;/h19H,3-13H2,1-2H3,(H2,16,17,18);1H. The molecule has 6 nitrogen and oxygen atoms in total. The molecular formula is C15H32IN3O3S. The van der Waals surface area contributed by atoms with Gasteiger partial charge in [-0.3, -0.25) is 4.99 Å². The summed E-state index contributed by atoms with van der Waals surface area (Å²) in [5.41, 5.74) is 0.103. The molecule has 0 atom stereocenters. The van der Waals surface area contributed by atoms with Crippen LogP contribution in [0.25, 0.3) is 0 Å². The SMILES string of the molecule is CCNC(=NCC1(CCO)CCCCC1)NCCS(C)(=O)=O.I. The Morgan fingerprint density at radius 1 is 1.22 bits per heavy atom. The van der Waals surface area contributed by atoms with Crippen molar-refractivity contribution in [2.75, 3.05) is 38.2 Å². The number of nitrogens with one attached hydrogen (secondary N) is 2. The van der Waals surface area contributed by atoms with Crippen LogP contribution >= 0.6 is 24.0 Å². The van der Waals surface area contributed by atoms with Crippen LogP contribution in [0.3, 0.4) is 0 Å². The van der Waals surface area contributed by atoms with E-state index >= 15 is 0 Å². The number of halogens is 1. The summed E-state index contributed by atoms with van der Waals surface area (Å²) in [6.07, 6.45) is 7.92. The van der Waals surface area contributed by atoms with Gasteiger partial charge in [-0.05, 0) is 31.6 Å². The molecule has 8 heteroatoms. The Morgan fingerprint density at radius 3 is 2.39 bits per heavy atom. The Bertz CT molecular complexity index is 443. The van der Waals surface area contributed by atoms with Crippen molar-refractivity contribution in [3.05, 3.63) is 0 Å². The second-order valence-corrected chi connectivity index (χ2v) is 8.55. The molecule has 0 spiro atoms. The molecule has 0 aliphatic heterocycles. The van der Waals surface area contributed by atoms with Crippen LogP contribution in [0.5, 0.6) is 0 Å². The Morgan fingerprint density at radius 2 is 1.87 bits per heavy atom. The van der Waals surface area contributed by atoms with Gasteiger partial charge in [0.15, 0.2) is 5.96 Å². The summed E-state index contributed by atoms with van der Waals surface area (Å²) in [5.74, 6) is 0.758. The molecule has 1 saturated carbocycles. The largest absolute Gasteiger partial charge is 0.396 e. The molecule has 3 N–H and O–H groups in total. The monoisotopic (exact) mass is 461 g/mol. The Labute approximate surface area is 157 Å². The molecule has 1 fully saturated rings. The van der Waals surface area contributed by atoms with Crippen LogP contribution in [-0.2, 0) is 9.84 Å². The molecule has 0 heterocycles.